The Bertz CT molecular complexity index is 624. The zero-order valence-corrected chi connectivity index (χ0v) is 16.8. The van der Waals surface area contributed by atoms with Gasteiger partial charge in [-0.15, -0.1) is 0 Å². The van der Waals surface area contributed by atoms with Crippen LogP contribution in [-0.2, 0) is 11.3 Å². The first-order chi connectivity index (χ1) is 13.1. The Morgan fingerprint density at radius 1 is 1.04 bits per heavy atom. The van der Waals surface area contributed by atoms with E-state index in [0.717, 1.165) is 30.5 Å². The lowest BCUT2D eigenvalue weighted by atomic mass is 9.75. The third kappa shape index (κ3) is 4.86. The van der Waals surface area contributed by atoms with Gasteiger partial charge in [-0.3, -0.25) is 9.69 Å². The number of amides is 1. The largest absolute Gasteiger partial charge is 0.493 e. The molecule has 0 radical (unpaired) electrons. The van der Waals surface area contributed by atoms with Crippen LogP contribution in [0.5, 0.6) is 17.2 Å². The third-order valence-electron chi connectivity index (χ3n) is 5.96. The van der Waals surface area contributed by atoms with Gasteiger partial charge in [0.15, 0.2) is 11.5 Å². The maximum atomic E-state index is 12.4. The Balaban J connectivity index is 1.53. The summed E-state index contributed by atoms with van der Waals surface area (Å²) in [6, 6.07) is 3.74. The summed E-state index contributed by atoms with van der Waals surface area (Å²) in [6.07, 6.45) is 6.68. The molecule has 0 unspecified atom stereocenters. The molecular weight excluding hydrogens is 344 g/mol. The molecule has 1 heterocycles. The highest BCUT2D eigenvalue weighted by Gasteiger charge is 2.31. The summed E-state index contributed by atoms with van der Waals surface area (Å²) >= 11 is 0. The molecule has 27 heavy (non-hydrogen) atoms. The van der Waals surface area contributed by atoms with Crippen molar-refractivity contribution in [3.63, 3.8) is 0 Å². The standard InChI is InChI=1S/C21H32N2O4/c1-25-18-10-15(11-19(26-2)21(18)27-3)12-22-20(24)14-23-9-8-16-6-4-5-7-17(16)13-23/h10-11,16-17H,4-9,12-14H2,1-3H3,(H,22,24)/t16-,17-/m1/s1. The van der Waals surface area contributed by atoms with Crippen molar-refractivity contribution >= 4 is 5.91 Å². The van der Waals surface area contributed by atoms with Crippen LogP contribution >= 0.6 is 0 Å². The number of rotatable bonds is 7. The van der Waals surface area contributed by atoms with Crippen molar-refractivity contribution in [1.29, 1.82) is 0 Å². The number of methoxy groups -OCH3 is 3. The summed E-state index contributed by atoms with van der Waals surface area (Å²) in [5, 5.41) is 3.03. The number of fused-ring (bicyclic) bond motifs is 1. The van der Waals surface area contributed by atoms with E-state index in [0.29, 0.717) is 30.3 Å². The second-order valence-electron chi connectivity index (χ2n) is 7.64. The lowest BCUT2D eigenvalue weighted by Crippen LogP contribution is -2.46. The van der Waals surface area contributed by atoms with Crippen molar-refractivity contribution in [1.82, 2.24) is 10.2 Å². The van der Waals surface area contributed by atoms with Gasteiger partial charge < -0.3 is 19.5 Å². The van der Waals surface area contributed by atoms with Crippen LogP contribution in [-0.4, -0.2) is 51.8 Å². The van der Waals surface area contributed by atoms with Gasteiger partial charge in [0.2, 0.25) is 11.7 Å². The van der Waals surface area contributed by atoms with Crippen molar-refractivity contribution in [2.45, 2.75) is 38.6 Å². The first kappa shape index (κ1) is 19.8. The normalized spacial score (nSPS) is 22.6. The number of hydrogen-bond acceptors (Lipinski definition) is 5. The van der Waals surface area contributed by atoms with Gasteiger partial charge in [0.05, 0.1) is 27.9 Å². The molecule has 150 valence electrons. The fourth-order valence-corrected chi connectivity index (χ4v) is 4.52. The molecule has 0 bridgehead atoms. The maximum Gasteiger partial charge on any atom is 0.234 e. The SMILES string of the molecule is COc1cc(CNC(=O)CN2CC[C@H]3CCCC[C@@H]3C2)cc(OC)c1OC. The molecule has 1 aromatic carbocycles. The second-order valence-corrected chi connectivity index (χ2v) is 7.64. The van der Waals surface area contributed by atoms with E-state index >= 15 is 0 Å². The van der Waals surface area contributed by atoms with E-state index in [9.17, 15) is 4.79 Å². The van der Waals surface area contributed by atoms with Gasteiger partial charge in [0, 0.05) is 13.1 Å². The molecule has 6 nitrogen and oxygen atoms in total. The number of hydrogen-bond donors (Lipinski definition) is 1. The monoisotopic (exact) mass is 376 g/mol. The quantitative estimate of drug-likeness (QED) is 0.793. The lowest BCUT2D eigenvalue weighted by Gasteiger charge is -2.41. The number of benzene rings is 1. The molecule has 2 aliphatic rings. The van der Waals surface area contributed by atoms with E-state index in [4.69, 9.17) is 14.2 Å². The second kappa shape index (κ2) is 9.31. The maximum absolute atomic E-state index is 12.4. The van der Waals surface area contributed by atoms with Gasteiger partial charge in [-0.05, 0) is 48.9 Å². The van der Waals surface area contributed by atoms with E-state index in [-0.39, 0.29) is 5.91 Å². The highest BCUT2D eigenvalue weighted by atomic mass is 16.5. The average molecular weight is 376 g/mol. The molecule has 1 saturated carbocycles. The van der Waals surface area contributed by atoms with Crippen molar-refractivity contribution in [2.75, 3.05) is 41.0 Å². The van der Waals surface area contributed by atoms with Gasteiger partial charge in [0.1, 0.15) is 0 Å². The van der Waals surface area contributed by atoms with Crippen LogP contribution in [0.4, 0.5) is 0 Å². The number of nitrogens with zero attached hydrogens (tertiary/aromatic N) is 1. The molecule has 2 atom stereocenters. The number of carbonyl (C=O) groups excluding carboxylic acids is 1. The van der Waals surface area contributed by atoms with Gasteiger partial charge in [-0.2, -0.15) is 0 Å². The lowest BCUT2D eigenvalue weighted by molar-refractivity contribution is -0.123. The van der Waals surface area contributed by atoms with Gasteiger partial charge in [-0.25, -0.2) is 0 Å². The number of carbonyl (C=O) groups is 1. The molecule has 1 aliphatic carbocycles. The van der Waals surface area contributed by atoms with Gasteiger partial charge >= 0.3 is 0 Å². The summed E-state index contributed by atoms with van der Waals surface area (Å²) < 4.78 is 16.1. The first-order valence-electron chi connectivity index (χ1n) is 9.92. The number of likely N-dealkylation sites (tertiary alicyclic amines) is 1. The molecule has 1 amide bonds. The molecule has 6 heteroatoms. The number of piperidine rings is 1. The summed E-state index contributed by atoms with van der Waals surface area (Å²) in [5.41, 5.74) is 0.920. The van der Waals surface area contributed by atoms with E-state index in [2.05, 4.69) is 10.2 Å². The average Bonchev–Trinajstić information content (AvgIpc) is 2.71. The Morgan fingerprint density at radius 3 is 2.33 bits per heavy atom. The fraction of sp³-hybridized carbons (Fsp3) is 0.667. The Morgan fingerprint density at radius 2 is 1.70 bits per heavy atom. The molecule has 1 N–H and O–H groups in total. The molecule has 3 rings (SSSR count). The predicted octanol–water partition coefficient (Wildman–Crippen LogP) is 2.84. The molecule has 0 aromatic heterocycles. The number of ether oxygens (including phenoxy) is 3. The first-order valence-corrected chi connectivity index (χ1v) is 9.92. The Labute approximate surface area is 162 Å². The Kier molecular flexibility index (Phi) is 6.83. The van der Waals surface area contributed by atoms with Crippen LogP contribution in [0.15, 0.2) is 12.1 Å². The van der Waals surface area contributed by atoms with Gasteiger partial charge in [-0.1, -0.05) is 19.3 Å². The highest BCUT2D eigenvalue weighted by molar-refractivity contribution is 5.78. The van der Waals surface area contributed by atoms with E-state index in [1.165, 1.54) is 32.1 Å². The number of nitrogens with one attached hydrogen (secondary N) is 1. The van der Waals surface area contributed by atoms with Crippen LogP contribution in [0.3, 0.4) is 0 Å². The zero-order valence-electron chi connectivity index (χ0n) is 16.8. The molecule has 2 fully saturated rings. The van der Waals surface area contributed by atoms with Crippen LogP contribution < -0.4 is 19.5 Å². The van der Waals surface area contributed by atoms with Crippen molar-refractivity contribution < 1.29 is 19.0 Å². The van der Waals surface area contributed by atoms with Crippen LogP contribution in [0.1, 0.15) is 37.7 Å². The smallest absolute Gasteiger partial charge is 0.234 e. The summed E-state index contributed by atoms with van der Waals surface area (Å²) in [7, 11) is 4.76. The minimum atomic E-state index is 0.0676. The molecule has 1 saturated heterocycles. The summed E-state index contributed by atoms with van der Waals surface area (Å²) in [6.45, 7) is 3.03. The minimum Gasteiger partial charge on any atom is -0.493 e. The van der Waals surface area contributed by atoms with E-state index in [1.807, 2.05) is 12.1 Å². The van der Waals surface area contributed by atoms with Crippen molar-refractivity contribution in [3.05, 3.63) is 17.7 Å². The van der Waals surface area contributed by atoms with Crippen LogP contribution in [0.2, 0.25) is 0 Å². The Hall–Kier alpha value is -1.95. The molecule has 1 aliphatic heterocycles. The molecular formula is C21H32N2O4. The fourth-order valence-electron chi connectivity index (χ4n) is 4.52. The van der Waals surface area contributed by atoms with E-state index in [1.54, 1.807) is 21.3 Å². The van der Waals surface area contributed by atoms with Crippen molar-refractivity contribution in [2.24, 2.45) is 11.8 Å². The predicted molar refractivity (Wildman–Crippen MR) is 104 cm³/mol. The van der Waals surface area contributed by atoms with E-state index < -0.39 is 0 Å². The van der Waals surface area contributed by atoms with Crippen molar-refractivity contribution in [3.8, 4) is 17.2 Å². The summed E-state index contributed by atoms with van der Waals surface area (Å²) in [5.74, 6) is 3.50. The minimum absolute atomic E-state index is 0.0676. The molecule has 0 spiro atoms. The topological polar surface area (TPSA) is 60.0 Å². The van der Waals surface area contributed by atoms with Crippen LogP contribution in [0, 0.1) is 11.8 Å². The van der Waals surface area contributed by atoms with Crippen LogP contribution in [0.25, 0.3) is 0 Å². The highest BCUT2D eigenvalue weighted by Crippen LogP contribution is 2.38. The molecule has 1 aromatic rings. The summed E-state index contributed by atoms with van der Waals surface area (Å²) in [4.78, 5) is 14.8. The van der Waals surface area contributed by atoms with Gasteiger partial charge in [0.25, 0.3) is 0 Å². The zero-order chi connectivity index (χ0) is 19.2. The third-order valence-corrected chi connectivity index (χ3v) is 5.96.